The SMILES string of the molecule is COc1cccc(C(CC(=O)NCc2ccc3c(c2)OCO3)c2cnc3c(C)cccn23)c1. The first kappa shape index (κ1) is 20.9. The molecule has 1 amide bonds. The molecule has 33 heavy (non-hydrogen) atoms. The van der Waals surface area contributed by atoms with Gasteiger partial charge in [0.05, 0.1) is 12.8 Å². The smallest absolute Gasteiger partial charge is 0.231 e. The highest BCUT2D eigenvalue weighted by molar-refractivity contribution is 5.77. The Balaban J connectivity index is 1.40. The number of fused-ring (bicyclic) bond motifs is 2. The van der Waals surface area contributed by atoms with Crippen LogP contribution in [0.2, 0.25) is 0 Å². The molecule has 168 valence electrons. The standard InChI is InChI=1S/C26H25N3O4/c1-17-5-4-10-29-22(15-28-26(17)29)21(19-6-3-7-20(12-19)31-2)13-25(30)27-14-18-8-9-23-24(11-18)33-16-32-23/h3-12,15,21H,13-14,16H2,1-2H3,(H,27,30). The van der Waals surface area contributed by atoms with Crippen LogP contribution >= 0.6 is 0 Å². The predicted octanol–water partition coefficient (Wildman–Crippen LogP) is 4.22. The maximum absolute atomic E-state index is 13.1. The lowest BCUT2D eigenvalue weighted by Gasteiger charge is -2.18. The zero-order chi connectivity index (χ0) is 22.8. The first-order valence-electron chi connectivity index (χ1n) is 10.8. The number of carbonyl (C=O) groups excluding carboxylic acids is 1. The maximum atomic E-state index is 13.1. The number of aromatic nitrogens is 2. The lowest BCUT2D eigenvalue weighted by Crippen LogP contribution is -2.25. The summed E-state index contributed by atoms with van der Waals surface area (Å²) in [4.78, 5) is 17.7. The second kappa shape index (κ2) is 8.86. The molecule has 0 spiro atoms. The van der Waals surface area contributed by atoms with Crippen molar-refractivity contribution >= 4 is 11.6 Å². The molecule has 5 rings (SSSR count). The van der Waals surface area contributed by atoms with Crippen molar-refractivity contribution in [2.75, 3.05) is 13.9 Å². The van der Waals surface area contributed by atoms with E-state index in [9.17, 15) is 4.79 Å². The van der Waals surface area contributed by atoms with E-state index >= 15 is 0 Å². The number of carbonyl (C=O) groups is 1. The Hall–Kier alpha value is -4.00. The summed E-state index contributed by atoms with van der Waals surface area (Å²) in [5.41, 5.74) is 4.88. The van der Waals surface area contributed by atoms with Crippen LogP contribution < -0.4 is 19.5 Å². The van der Waals surface area contributed by atoms with Crippen LogP contribution in [0.3, 0.4) is 0 Å². The lowest BCUT2D eigenvalue weighted by molar-refractivity contribution is -0.121. The van der Waals surface area contributed by atoms with Crippen LogP contribution in [-0.2, 0) is 11.3 Å². The molecule has 0 radical (unpaired) electrons. The van der Waals surface area contributed by atoms with Crippen LogP contribution in [-0.4, -0.2) is 29.2 Å². The topological polar surface area (TPSA) is 74.1 Å². The Morgan fingerprint density at radius 2 is 2.03 bits per heavy atom. The number of benzene rings is 2. The molecule has 1 aliphatic rings. The number of ether oxygens (including phenoxy) is 3. The number of hydrogen-bond acceptors (Lipinski definition) is 5. The third kappa shape index (κ3) is 4.22. The summed E-state index contributed by atoms with van der Waals surface area (Å²) in [6.07, 6.45) is 4.12. The van der Waals surface area contributed by atoms with Gasteiger partial charge in [-0.3, -0.25) is 4.79 Å². The number of aryl methyl sites for hydroxylation is 1. The minimum absolute atomic E-state index is 0.0527. The number of nitrogens with one attached hydrogen (secondary N) is 1. The van der Waals surface area contributed by atoms with Gasteiger partial charge >= 0.3 is 0 Å². The minimum Gasteiger partial charge on any atom is -0.497 e. The molecular formula is C26H25N3O4. The van der Waals surface area contributed by atoms with E-state index in [4.69, 9.17) is 14.2 Å². The van der Waals surface area contributed by atoms with Crippen LogP contribution in [0.25, 0.3) is 5.65 Å². The zero-order valence-corrected chi connectivity index (χ0v) is 18.6. The van der Waals surface area contributed by atoms with Crippen molar-refractivity contribution in [1.82, 2.24) is 14.7 Å². The molecule has 0 saturated carbocycles. The normalized spacial score (nSPS) is 13.2. The van der Waals surface area contributed by atoms with Crippen molar-refractivity contribution < 1.29 is 19.0 Å². The fourth-order valence-electron chi connectivity index (χ4n) is 4.19. The number of hydrogen-bond donors (Lipinski definition) is 1. The predicted molar refractivity (Wildman–Crippen MR) is 124 cm³/mol. The second-order valence-electron chi connectivity index (χ2n) is 8.07. The molecule has 1 aliphatic heterocycles. The lowest BCUT2D eigenvalue weighted by atomic mass is 9.92. The van der Waals surface area contributed by atoms with Crippen molar-refractivity contribution in [3.8, 4) is 17.2 Å². The fraction of sp³-hybridized carbons (Fsp3) is 0.231. The molecule has 1 atom stereocenters. The minimum atomic E-state index is -0.186. The van der Waals surface area contributed by atoms with Crippen molar-refractivity contribution in [2.45, 2.75) is 25.8 Å². The zero-order valence-electron chi connectivity index (χ0n) is 18.6. The summed E-state index contributed by atoms with van der Waals surface area (Å²) < 4.78 is 18.3. The van der Waals surface area contributed by atoms with E-state index < -0.39 is 0 Å². The summed E-state index contributed by atoms with van der Waals surface area (Å²) in [5.74, 6) is 1.95. The highest BCUT2D eigenvalue weighted by Gasteiger charge is 2.23. The summed E-state index contributed by atoms with van der Waals surface area (Å²) in [7, 11) is 1.64. The van der Waals surface area contributed by atoms with Gasteiger partial charge in [0.25, 0.3) is 0 Å². The van der Waals surface area contributed by atoms with Crippen LogP contribution in [0.4, 0.5) is 0 Å². The van der Waals surface area contributed by atoms with E-state index in [1.807, 2.05) is 73.9 Å². The average Bonchev–Trinajstić information content (AvgIpc) is 3.49. The largest absolute Gasteiger partial charge is 0.497 e. The Kier molecular flexibility index (Phi) is 5.60. The number of nitrogens with zero attached hydrogens (tertiary/aromatic N) is 2. The number of methoxy groups -OCH3 is 1. The summed E-state index contributed by atoms with van der Waals surface area (Å²) in [5, 5.41) is 3.04. The van der Waals surface area contributed by atoms with Gasteiger partial charge < -0.3 is 23.9 Å². The summed E-state index contributed by atoms with van der Waals surface area (Å²) in [6.45, 7) is 2.67. The van der Waals surface area contributed by atoms with Gasteiger partial charge in [0.15, 0.2) is 11.5 Å². The van der Waals surface area contributed by atoms with Gasteiger partial charge in [-0.05, 0) is 53.9 Å². The molecular weight excluding hydrogens is 418 g/mol. The van der Waals surface area contributed by atoms with Crippen molar-refractivity contribution in [3.05, 3.63) is 89.4 Å². The Morgan fingerprint density at radius 3 is 2.91 bits per heavy atom. The summed E-state index contributed by atoms with van der Waals surface area (Å²) in [6, 6.07) is 17.6. The number of rotatable bonds is 7. The van der Waals surface area contributed by atoms with Gasteiger partial charge in [0.2, 0.25) is 12.7 Å². The van der Waals surface area contributed by atoms with Gasteiger partial charge in [-0.25, -0.2) is 4.98 Å². The molecule has 0 aliphatic carbocycles. The molecule has 0 bridgehead atoms. The van der Waals surface area contributed by atoms with Crippen LogP contribution in [0.15, 0.2) is 67.0 Å². The molecule has 2 aromatic heterocycles. The van der Waals surface area contributed by atoms with E-state index in [1.165, 1.54) is 0 Å². The third-order valence-corrected chi connectivity index (χ3v) is 5.93. The van der Waals surface area contributed by atoms with Crippen molar-refractivity contribution in [1.29, 1.82) is 0 Å². The Bertz CT molecular complexity index is 1310. The quantitative estimate of drug-likeness (QED) is 0.463. The molecule has 3 heterocycles. The average molecular weight is 444 g/mol. The second-order valence-corrected chi connectivity index (χ2v) is 8.07. The molecule has 1 N–H and O–H groups in total. The molecule has 1 unspecified atom stereocenters. The molecule has 0 saturated heterocycles. The molecule has 4 aromatic rings. The fourth-order valence-corrected chi connectivity index (χ4v) is 4.19. The van der Waals surface area contributed by atoms with Crippen LogP contribution in [0.5, 0.6) is 17.2 Å². The van der Waals surface area contributed by atoms with E-state index in [0.717, 1.165) is 39.5 Å². The number of amides is 1. The number of pyridine rings is 1. The van der Waals surface area contributed by atoms with Gasteiger partial charge in [0.1, 0.15) is 11.4 Å². The molecule has 0 fully saturated rings. The molecule has 2 aromatic carbocycles. The summed E-state index contributed by atoms with van der Waals surface area (Å²) >= 11 is 0. The monoisotopic (exact) mass is 443 g/mol. The maximum Gasteiger partial charge on any atom is 0.231 e. The van der Waals surface area contributed by atoms with Crippen molar-refractivity contribution in [3.63, 3.8) is 0 Å². The van der Waals surface area contributed by atoms with Gasteiger partial charge in [-0.15, -0.1) is 0 Å². The van der Waals surface area contributed by atoms with Crippen molar-refractivity contribution in [2.24, 2.45) is 0 Å². The number of imidazole rings is 1. The molecule has 7 nitrogen and oxygen atoms in total. The van der Waals surface area contributed by atoms with Crippen LogP contribution in [0, 0.1) is 6.92 Å². The van der Waals surface area contributed by atoms with Crippen LogP contribution in [0.1, 0.15) is 34.7 Å². The van der Waals surface area contributed by atoms with Gasteiger partial charge in [0, 0.05) is 31.3 Å². The molecule has 7 heteroatoms. The van der Waals surface area contributed by atoms with Gasteiger partial charge in [-0.1, -0.05) is 24.3 Å². The van der Waals surface area contributed by atoms with Gasteiger partial charge in [-0.2, -0.15) is 0 Å². The first-order valence-corrected chi connectivity index (χ1v) is 10.8. The first-order chi connectivity index (χ1) is 16.1. The van der Waals surface area contributed by atoms with E-state index in [2.05, 4.69) is 14.7 Å². The Labute approximate surface area is 191 Å². The van der Waals surface area contributed by atoms with E-state index in [-0.39, 0.29) is 25.0 Å². The highest BCUT2D eigenvalue weighted by Crippen LogP contribution is 2.33. The third-order valence-electron chi connectivity index (χ3n) is 5.93. The highest BCUT2D eigenvalue weighted by atomic mass is 16.7. The Morgan fingerprint density at radius 1 is 1.15 bits per heavy atom. The van der Waals surface area contributed by atoms with E-state index in [0.29, 0.717) is 12.3 Å². The van der Waals surface area contributed by atoms with E-state index in [1.54, 1.807) is 7.11 Å².